The number of anilines is 1. The highest BCUT2D eigenvalue weighted by atomic mass is 79.9. The Labute approximate surface area is 137 Å². The summed E-state index contributed by atoms with van der Waals surface area (Å²) in [7, 11) is 2.21. The van der Waals surface area contributed by atoms with Crippen molar-refractivity contribution in [3.05, 3.63) is 22.3 Å². The van der Waals surface area contributed by atoms with Crippen molar-refractivity contribution in [3.8, 4) is 0 Å². The van der Waals surface area contributed by atoms with Gasteiger partial charge in [0.1, 0.15) is 5.82 Å². The Kier molecular flexibility index (Phi) is 6.49. The first-order chi connectivity index (χ1) is 10.1. The number of rotatable bonds is 6. The minimum Gasteiger partial charge on any atom is -0.356 e. The number of pyridine rings is 1. The molecule has 0 aliphatic heterocycles. The van der Waals surface area contributed by atoms with Crippen LogP contribution in [0.2, 0.25) is 0 Å². The number of nitrogens with one attached hydrogen (secondary N) is 1. The molecule has 1 heterocycles. The van der Waals surface area contributed by atoms with Crippen LogP contribution in [0.3, 0.4) is 0 Å². The third-order valence-electron chi connectivity index (χ3n) is 4.44. The fourth-order valence-corrected chi connectivity index (χ4v) is 3.63. The van der Waals surface area contributed by atoms with E-state index in [2.05, 4.69) is 53.1 Å². The van der Waals surface area contributed by atoms with Crippen molar-refractivity contribution in [2.75, 3.05) is 18.5 Å². The van der Waals surface area contributed by atoms with Crippen molar-refractivity contribution in [1.82, 2.24) is 10.3 Å². The third-order valence-corrected chi connectivity index (χ3v) is 4.88. The van der Waals surface area contributed by atoms with Crippen LogP contribution < -0.4 is 10.2 Å². The van der Waals surface area contributed by atoms with Crippen LogP contribution in [0.25, 0.3) is 0 Å². The summed E-state index contributed by atoms with van der Waals surface area (Å²) in [6.07, 6.45) is 8.38. The Hall–Kier alpha value is -0.610. The van der Waals surface area contributed by atoms with Gasteiger partial charge in [0.2, 0.25) is 0 Å². The van der Waals surface area contributed by atoms with Crippen molar-refractivity contribution < 1.29 is 0 Å². The number of hydrogen-bond acceptors (Lipinski definition) is 3. The molecule has 118 valence electrons. The van der Waals surface area contributed by atoms with E-state index in [1.165, 1.54) is 31.2 Å². The van der Waals surface area contributed by atoms with Crippen LogP contribution in [0, 0.1) is 5.92 Å². The van der Waals surface area contributed by atoms with Crippen molar-refractivity contribution >= 4 is 21.7 Å². The SMILES string of the molecule is CCCNCc1cc(Br)cnc1N(C)C1CCCC(C)C1. The number of halogens is 1. The van der Waals surface area contributed by atoms with E-state index < -0.39 is 0 Å². The molecule has 1 fully saturated rings. The second-order valence-corrected chi connectivity index (χ2v) is 7.27. The van der Waals surface area contributed by atoms with Crippen LogP contribution in [-0.2, 0) is 6.54 Å². The zero-order valence-electron chi connectivity index (χ0n) is 13.5. The lowest BCUT2D eigenvalue weighted by molar-refractivity contribution is 0.335. The summed E-state index contributed by atoms with van der Waals surface area (Å²) < 4.78 is 1.06. The number of nitrogens with zero attached hydrogens (tertiary/aromatic N) is 2. The van der Waals surface area contributed by atoms with Crippen molar-refractivity contribution in [2.24, 2.45) is 5.92 Å². The maximum atomic E-state index is 4.70. The van der Waals surface area contributed by atoms with E-state index in [0.717, 1.165) is 35.7 Å². The first-order valence-electron chi connectivity index (χ1n) is 8.19. The maximum absolute atomic E-state index is 4.70. The van der Waals surface area contributed by atoms with Gasteiger partial charge in [-0.1, -0.05) is 26.7 Å². The topological polar surface area (TPSA) is 28.2 Å². The van der Waals surface area contributed by atoms with E-state index in [1.807, 2.05) is 6.20 Å². The number of aromatic nitrogens is 1. The highest BCUT2D eigenvalue weighted by Gasteiger charge is 2.24. The van der Waals surface area contributed by atoms with Gasteiger partial charge in [0.05, 0.1) is 0 Å². The quantitative estimate of drug-likeness (QED) is 0.770. The molecule has 0 saturated heterocycles. The van der Waals surface area contributed by atoms with Gasteiger partial charge in [0.25, 0.3) is 0 Å². The van der Waals surface area contributed by atoms with Crippen molar-refractivity contribution in [3.63, 3.8) is 0 Å². The molecule has 1 N–H and O–H groups in total. The van der Waals surface area contributed by atoms with Crippen LogP contribution in [0.1, 0.15) is 51.5 Å². The summed E-state index contributed by atoms with van der Waals surface area (Å²) in [5.41, 5.74) is 1.29. The Balaban J connectivity index is 2.12. The average molecular weight is 354 g/mol. The van der Waals surface area contributed by atoms with Gasteiger partial charge in [-0.3, -0.25) is 0 Å². The van der Waals surface area contributed by atoms with Crippen LogP contribution in [-0.4, -0.2) is 24.6 Å². The monoisotopic (exact) mass is 353 g/mol. The Morgan fingerprint density at radius 2 is 2.24 bits per heavy atom. The molecule has 1 aromatic rings. The zero-order valence-corrected chi connectivity index (χ0v) is 15.1. The van der Waals surface area contributed by atoms with Crippen molar-refractivity contribution in [1.29, 1.82) is 0 Å². The summed E-state index contributed by atoms with van der Waals surface area (Å²) in [5.74, 6) is 1.98. The Bertz CT molecular complexity index is 450. The van der Waals surface area contributed by atoms with Gasteiger partial charge in [-0.2, -0.15) is 0 Å². The minimum atomic E-state index is 0.632. The molecule has 0 spiro atoms. The third kappa shape index (κ3) is 4.68. The van der Waals surface area contributed by atoms with Crippen LogP contribution in [0.5, 0.6) is 0 Å². The molecule has 3 nitrogen and oxygen atoms in total. The predicted octanol–water partition coefficient (Wildman–Crippen LogP) is 4.36. The van der Waals surface area contributed by atoms with E-state index >= 15 is 0 Å². The summed E-state index contributed by atoms with van der Waals surface area (Å²) in [5, 5.41) is 3.50. The van der Waals surface area contributed by atoms with Gasteiger partial charge in [-0.15, -0.1) is 0 Å². The second-order valence-electron chi connectivity index (χ2n) is 6.35. The van der Waals surface area contributed by atoms with E-state index in [-0.39, 0.29) is 0 Å². The van der Waals surface area contributed by atoms with E-state index in [9.17, 15) is 0 Å². The molecule has 4 heteroatoms. The molecule has 0 bridgehead atoms. The van der Waals surface area contributed by atoms with Crippen LogP contribution >= 0.6 is 15.9 Å². The molecule has 0 amide bonds. The molecule has 2 rings (SSSR count). The molecular formula is C17H28BrN3. The van der Waals surface area contributed by atoms with Crippen LogP contribution in [0.4, 0.5) is 5.82 Å². The first kappa shape index (κ1) is 16.8. The lowest BCUT2D eigenvalue weighted by Gasteiger charge is -2.35. The van der Waals surface area contributed by atoms with E-state index in [0.29, 0.717) is 6.04 Å². The number of hydrogen-bond donors (Lipinski definition) is 1. The molecule has 0 radical (unpaired) electrons. The van der Waals surface area contributed by atoms with Gasteiger partial charge in [0, 0.05) is 35.9 Å². The summed E-state index contributed by atoms with van der Waals surface area (Å²) >= 11 is 3.55. The summed E-state index contributed by atoms with van der Waals surface area (Å²) in [4.78, 5) is 7.10. The predicted molar refractivity (Wildman–Crippen MR) is 93.8 cm³/mol. The summed E-state index contributed by atoms with van der Waals surface area (Å²) in [6.45, 7) is 6.51. The molecule has 1 saturated carbocycles. The summed E-state index contributed by atoms with van der Waals surface area (Å²) in [6, 6.07) is 2.83. The standard InChI is InChI=1S/C17H28BrN3/c1-4-8-19-11-14-10-15(18)12-20-17(14)21(3)16-7-5-6-13(2)9-16/h10,12-13,16,19H,4-9,11H2,1-3H3. The van der Waals surface area contributed by atoms with Crippen LogP contribution in [0.15, 0.2) is 16.7 Å². The first-order valence-corrected chi connectivity index (χ1v) is 8.99. The van der Waals surface area contributed by atoms with Gasteiger partial charge in [-0.05, 0) is 53.7 Å². The fraction of sp³-hybridized carbons (Fsp3) is 0.706. The molecule has 2 unspecified atom stereocenters. The lowest BCUT2D eigenvalue weighted by atomic mass is 9.86. The smallest absolute Gasteiger partial charge is 0.133 e. The molecule has 1 aliphatic rings. The zero-order chi connectivity index (χ0) is 15.2. The van der Waals surface area contributed by atoms with E-state index in [4.69, 9.17) is 4.98 Å². The average Bonchev–Trinajstić information content (AvgIpc) is 2.47. The normalized spacial score (nSPS) is 22.3. The van der Waals surface area contributed by atoms with Gasteiger partial charge in [-0.25, -0.2) is 4.98 Å². The van der Waals surface area contributed by atoms with E-state index in [1.54, 1.807) is 0 Å². The molecule has 1 aliphatic carbocycles. The maximum Gasteiger partial charge on any atom is 0.133 e. The Morgan fingerprint density at radius 3 is 2.95 bits per heavy atom. The largest absolute Gasteiger partial charge is 0.356 e. The molecule has 0 aromatic carbocycles. The molecular weight excluding hydrogens is 326 g/mol. The van der Waals surface area contributed by atoms with Crippen molar-refractivity contribution in [2.45, 2.75) is 58.5 Å². The van der Waals surface area contributed by atoms with Gasteiger partial charge in [0.15, 0.2) is 0 Å². The minimum absolute atomic E-state index is 0.632. The molecule has 2 atom stereocenters. The fourth-order valence-electron chi connectivity index (χ4n) is 3.25. The second kappa shape index (κ2) is 8.14. The molecule has 21 heavy (non-hydrogen) atoms. The van der Waals surface area contributed by atoms with Gasteiger partial charge >= 0.3 is 0 Å². The Morgan fingerprint density at radius 1 is 1.43 bits per heavy atom. The highest BCUT2D eigenvalue weighted by Crippen LogP contribution is 2.30. The van der Waals surface area contributed by atoms with Gasteiger partial charge < -0.3 is 10.2 Å². The lowest BCUT2D eigenvalue weighted by Crippen LogP contribution is -2.37. The highest BCUT2D eigenvalue weighted by molar-refractivity contribution is 9.10. The molecule has 1 aromatic heterocycles.